The van der Waals surface area contributed by atoms with Crippen LogP contribution in [0.5, 0.6) is 0 Å². The van der Waals surface area contributed by atoms with Crippen LogP contribution < -0.4 is 5.32 Å². The molecule has 2 aromatic heterocycles. The van der Waals surface area contributed by atoms with Gasteiger partial charge < -0.3 is 10.2 Å². The Morgan fingerprint density at radius 1 is 1.26 bits per heavy atom. The molecule has 0 spiro atoms. The molecule has 0 aliphatic heterocycles. The Morgan fingerprint density at radius 3 is 2.68 bits per heavy atom. The van der Waals surface area contributed by atoms with Crippen LogP contribution in [0.1, 0.15) is 16.9 Å². The fourth-order valence-corrected chi connectivity index (χ4v) is 3.20. The molecule has 2 aromatic rings. The molecule has 4 nitrogen and oxygen atoms in total. The largest absolute Gasteiger partial charge is 0.369 e. The van der Waals surface area contributed by atoms with E-state index in [4.69, 9.17) is 11.6 Å². The van der Waals surface area contributed by atoms with Crippen molar-refractivity contribution in [3.8, 4) is 0 Å². The topological polar surface area (TPSA) is 41.1 Å². The van der Waals surface area contributed by atoms with E-state index in [0.29, 0.717) is 5.28 Å². The first kappa shape index (κ1) is 14.5. The smallest absolute Gasteiger partial charge is 0.225 e. The zero-order chi connectivity index (χ0) is 14.0. The summed E-state index contributed by atoms with van der Waals surface area (Å²) in [5.41, 5.74) is 1.24. The minimum atomic E-state index is 0.309. The molecule has 0 saturated heterocycles. The standard InChI is InChI=1S/C13H19ClN4S/c1-8-9(2)19-12-10(8)11(16-13(14)17-12)15-6-5-7-18(3)4/h5-7H2,1-4H3,(H,15,16,17). The third kappa shape index (κ3) is 3.35. The number of nitrogens with zero attached hydrogens (tertiary/aromatic N) is 3. The van der Waals surface area contributed by atoms with E-state index in [1.165, 1.54) is 10.4 Å². The van der Waals surface area contributed by atoms with Gasteiger partial charge in [0.05, 0.1) is 5.39 Å². The first-order chi connectivity index (χ1) is 8.99. The molecule has 1 N–H and O–H groups in total. The number of hydrogen-bond acceptors (Lipinski definition) is 5. The predicted octanol–water partition coefficient (Wildman–Crippen LogP) is 3.33. The Bertz CT molecular complexity index is 580. The molecule has 2 heterocycles. The van der Waals surface area contributed by atoms with Crippen molar-refractivity contribution in [3.05, 3.63) is 15.7 Å². The Morgan fingerprint density at radius 2 is 2.00 bits per heavy atom. The summed E-state index contributed by atoms with van der Waals surface area (Å²) < 4.78 is 0. The van der Waals surface area contributed by atoms with E-state index in [1.807, 2.05) is 0 Å². The van der Waals surface area contributed by atoms with Gasteiger partial charge in [0.15, 0.2) is 0 Å². The van der Waals surface area contributed by atoms with Crippen molar-refractivity contribution < 1.29 is 0 Å². The van der Waals surface area contributed by atoms with Crippen molar-refractivity contribution in [2.75, 3.05) is 32.5 Å². The molecule has 0 aromatic carbocycles. The maximum atomic E-state index is 5.98. The van der Waals surface area contributed by atoms with Crippen LogP contribution in [0.3, 0.4) is 0 Å². The van der Waals surface area contributed by atoms with Crippen LogP contribution in [0.15, 0.2) is 0 Å². The lowest BCUT2D eigenvalue weighted by molar-refractivity contribution is 0.405. The van der Waals surface area contributed by atoms with Gasteiger partial charge >= 0.3 is 0 Å². The highest BCUT2D eigenvalue weighted by Crippen LogP contribution is 2.33. The predicted molar refractivity (Wildman–Crippen MR) is 83.6 cm³/mol. The van der Waals surface area contributed by atoms with Crippen molar-refractivity contribution in [3.63, 3.8) is 0 Å². The summed E-state index contributed by atoms with van der Waals surface area (Å²) in [7, 11) is 4.15. The number of anilines is 1. The van der Waals surface area contributed by atoms with E-state index in [0.717, 1.165) is 35.5 Å². The van der Waals surface area contributed by atoms with Crippen molar-refractivity contribution in [1.82, 2.24) is 14.9 Å². The number of thiophene rings is 1. The SMILES string of the molecule is Cc1sc2nc(Cl)nc(NCCCN(C)C)c2c1C. The van der Waals surface area contributed by atoms with Crippen LogP contribution >= 0.6 is 22.9 Å². The van der Waals surface area contributed by atoms with Crippen LogP contribution in [0, 0.1) is 13.8 Å². The molecule has 0 bridgehead atoms. The monoisotopic (exact) mass is 298 g/mol. The van der Waals surface area contributed by atoms with Gasteiger partial charge in [-0.25, -0.2) is 9.97 Å². The van der Waals surface area contributed by atoms with Crippen molar-refractivity contribution >= 4 is 39.0 Å². The minimum absolute atomic E-state index is 0.309. The average Bonchev–Trinajstić information content (AvgIpc) is 2.60. The average molecular weight is 299 g/mol. The highest BCUT2D eigenvalue weighted by molar-refractivity contribution is 7.18. The molecule has 0 unspecified atom stereocenters. The number of fused-ring (bicyclic) bond motifs is 1. The van der Waals surface area contributed by atoms with Gasteiger partial charge in [-0.15, -0.1) is 11.3 Å². The van der Waals surface area contributed by atoms with E-state index >= 15 is 0 Å². The zero-order valence-corrected chi connectivity index (χ0v) is 13.3. The van der Waals surface area contributed by atoms with Crippen molar-refractivity contribution in [2.24, 2.45) is 0 Å². The summed E-state index contributed by atoms with van der Waals surface area (Å²) in [5.74, 6) is 0.857. The zero-order valence-electron chi connectivity index (χ0n) is 11.7. The Kier molecular flexibility index (Phi) is 4.60. The Hall–Kier alpha value is -0.910. The summed E-state index contributed by atoms with van der Waals surface area (Å²) in [6, 6.07) is 0. The van der Waals surface area contributed by atoms with E-state index in [9.17, 15) is 0 Å². The fraction of sp³-hybridized carbons (Fsp3) is 0.538. The van der Waals surface area contributed by atoms with Gasteiger partial charge in [0.25, 0.3) is 0 Å². The van der Waals surface area contributed by atoms with Crippen LogP contribution in [0.25, 0.3) is 10.2 Å². The van der Waals surface area contributed by atoms with E-state index in [2.05, 4.69) is 48.1 Å². The van der Waals surface area contributed by atoms with Crippen LogP contribution in [0.2, 0.25) is 5.28 Å². The number of aryl methyl sites for hydroxylation is 2. The molecule has 0 fully saturated rings. The molecule has 0 amide bonds. The maximum Gasteiger partial charge on any atom is 0.225 e. The van der Waals surface area contributed by atoms with Crippen molar-refractivity contribution in [1.29, 1.82) is 0 Å². The van der Waals surface area contributed by atoms with Crippen molar-refractivity contribution in [2.45, 2.75) is 20.3 Å². The molecular weight excluding hydrogens is 280 g/mol. The summed E-state index contributed by atoms with van der Waals surface area (Å²) in [6.45, 7) is 6.15. The summed E-state index contributed by atoms with van der Waals surface area (Å²) in [4.78, 5) is 13.0. The molecule has 6 heteroatoms. The molecular formula is C13H19ClN4S. The first-order valence-corrected chi connectivity index (χ1v) is 7.50. The van der Waals surface area contributed by atoms with Crippen LogP contribution in [-0.2, 0) is 0 Å². The second-order valence-electron chi connectivity index (χ2n) is 4.89. The maximum absolute atomic E-state index is 5.98. The van der Waals surface area contributed by atoms with Gasteiger partial charge in [0.1, 0.15) is 10.6 Å². The molecule has 2 rings (SSSR count). The van der Waals surface area contributed by atoms with Gasteiger partial charge in [0, 0.05) is 11.4 Å². The van der Waals surface area contributed by atoms with Gasteiger partial charge in [-0.3, -0.25) is 0 Å². The van der Waals surface area contributed by atoms with Crippen LogP contribution in [0.4, 0.5) is 5.82 Å². The first-order valence-electron chi connectivity index (χ1n) is 6.31. The lowest BCUT2D eigenvalue weighted by atomic mass is 10.2. The third-order valence-electron chi connectivity index (χ3n) is 3.08. The van der Waals surface area contributed by atoms with Gasteiger partial charge in [-0.2, -0.15) is 0 Å². The number of hydrogen-bond donors (Lipinski definition) is 1. The Labute approximate surface area is 122 Å². The van der Waals surface area contributed by atoms with E-state index in [1.54, 1.807) is 11.3 Å². The fourth-order valence-electron chi connectivity index (χ4n) is 1.95. The second-order valence-corrected chi connectivity index (χ2v) is 6.43. The molecule has 0 atom stereocenters. The van der Waals surface area contributed by atoms with E-state index < -0.39 is 0 Å². The van der Waals surface area contributed by atoms with Gasteiger partial charge in [0.2, 0.25) is 5.28 Å². The molecule has 0 radical (unpaired) electrons. The van der Waals surface area contributed by atoms with Gasteiger partial charge in [-0.1, -0.05) is 0 Å². The number of halogens is 1. The molecule has 0 aliphatic carbocycles. The van der Waals surface area contributed by atoms with Crippen LogP contribution in [-0.4, -0.2) is 42.1 Å². The third-order valence-corrected chi connectivity index (χ3v) is 4.35. The minimum Gasteiger partial charge on any atom is -0.369 e. The summed E-state index contributed by atoms with van der Waals surface area (Å²) in [5, 5.41) is 4.80. The lowest BCUT2D eigenvalue weighted by Gasteiger charge is -2.11. The van der Waals surface area contributed by atoms with Gasteiger partial charge in [-0.05, 0) is 58.1 Å². The second kappa shape index (κ2) is 6.03. The Balaban J connectivity index is 2.21. The quantitative estimate of drug-likeness (QED) is 0.679. The molecule has 19 heavy (non-hydrogen) atoms. The molecule has 0 aliphatic rings. The highest BCUT2D eigenvalue weighted by Gasteiger charge is 2.13. The van der Waals surface area contributed by atoms with E-state index in [-0.39, 0.29) is 0 Å². The molecule has 104 valence electrons. The number of aromatic nitrogens is 2. The lowest BCUT2D eigenvalue weighted by Crippen LogP contribution is -2.16. The summed E-state index contributed by atoms with van der Waals surface area (Å²) >= 11 is 7.65. The molecule has 0 saturated carbocycles. The summed E-state index contributed by atoms with van der Waals surface area (Å²) in [6.07, 6.45) is 1.07. The number of nitrogens with one attached hydrogen (secondary N) is 1. The highest BCUT2D eigenvalue weighted by atomic mass is 35.5. The normalized spacial score (nSPS) is 11.5. The number of rotatable bonds is 5.